The number of hydrogen-bond donors (Lipinski definition) is 4. The number of aliphatic hydroxyl groups is 2. The second-order valence-electron chi connectivity index (χ2n) is 12.0. The van der Waals surface area contributed by atoms with Gasteiger partial charge in [-0.3, -0.25) is 4.79 Å². The minimum Gasteiger partial charge on any atom is -0.393 e. The molecule has 4 aliphatic carbocycles. The fraction of sp³-hybridized carbons (Fsp3) is 0.962. The van der Waals surface area contributed by atoms with Crippen LogP contribution in [-0.2, 0) is 4.79 Å². The van der Waals surface area contributed by atoms with Crippen LogP contribution in [0, 0.1) is 46.3 Å². The van der Waals surface area contributed by atoms with Crippen LogP contribution in [0.15, 0.2) is 0 Å². The minimum absolute atomic E-state index is 0.0143. The summed E-state index contributed by atoms with van der Waals surface area (Å²) >= 11 is 4.17. The highest BCUT2D eigenvalue weighted by atomic mass is 32.1. The van der Waals surface area contributed by atoms with Crippen molar-refractivity contribution in [3.63, 3.8) is 0 Å². The van der Waals surface area contributed by atoms with Gasteiger partial charge in [-0.15, -0.1) is 0 Å². The Hall–Kier alpha value is -0.260. The molecule has 0 aromatic carbocycles. The molecule has 4 nitrogen and oxygen atoms in total. The summed E-state index contributed by atoms with van der Waals surface area (Å²) in [6.07, 6.45) is 10.0. The summed E-state index contributed by atoms with van der Waals surface area (Å²) in [4.78, 5) is 12.1. The van der Waals surface area contributed by atoms with Gasteiger partial charge in [-0.05, 0) is 104 Å². The average Bonchev–Trinajstić information content (AvgIpc) is 3.10. The number of hydrogen-bond acceptors (Lipinski definition) is 4. The van der Waals surface area contributed by atoms with E-state index in [4.69, 9.17) is 0 Å². The molecule has 4 fully saturated rings. The van der Waals surface area contributed by atoms with Crippen LogP contribution in [0.1, 0.15) is 85.0 Å². The Kier molecular flexibility index (Phi) is 7.07. The summed E-state index contributed by atoms with van der Waals surface area (Å²) in [7, 11) is 0. The molecule has 5 heteroatoms. The van der Waals surface area contributed by atoms with E-state index in [1.165, 1.54) is 25.7 Å². The van der Waals surface area contributed by atoms with Crippen LogP contribution in [-0.4, -0.2) is 40.6 Å². The maximum atomic E-state index is 12.1. The van der Waals surface area contributed by atoms with Crippen molar-refractivity contribution in [1.29, 1.82) is 0 Å². The van der Waals surface area contributed by atoms with Crippen molar-refractivity contribution in [3.8, 4) is 0 Å². The third-order valence-corrected chi connectivity index (χ3v) is 11.0. The Morgan fingerprint density at radius 3 is 2.61 bits per heavy atom. The molecule has 0 spiro atoms. The molecule has 0 radical (unpaired) electrons. The van der Waals surface area contributed by atoms with Gasteiger partial charge in [-0.25, -0.2) is 0 Å². The van der Waals surface area contributed by atoms with Crippen LogP contribution in [0.5, 0.6) is 0 Å². The van der Waals surface area contributed by atoms with Gasteiger partial charge in [0.15, 0.2) is 0 Å². The number of carbonyl (C=O) groups is 1. The van der Waals surface area contributed by atoms with Gasteiger partial charge in [0.2, 0.25) is 5.91 Å². The number of amides is 1. The van der Waals surface area contributed by atoms with E-state index >= 15 is 0 Å². The fourth-order valence-corrected chi connectivity index (χ4v) is 9.12. The van der Waals surface area contributed by atoms with Crippen LogP contribution in [0.3, 0.4) is 0 Å². The van der Waals surface area contributed by atoms with Gasteiger partial charge in [0, 0.05) is 18.7 Å². The highest BCUT2D eigenvalue weighted by Gasteiger charge is 2.63. The number of rotatable bonds is 6. The first kappa shape index (κ1) is 23.9. The highest BCUT2D eigenvalue weighted by molar-refractivity contribution is 7.80. The number of carbonyl (C=O) groups excluding carboxylic acids is 1. The van der Waals surface area contributed by atoms with E-state index in [-0.39, 0.29) is 23.5 Å². The molecule has 1 unspecified atom stereocenters. The molecule has 0 aromatic heterocycles. The lowest BCUT2D eigenvalue weighted by Crippen LogP contribution is -2.58. The Labute approximate surface area is 194 Å². The molecule has 4 rings (SSSR count). The smallest absolute Gasteiger partial charge is 0.220 e. The van der Waals surface area contributed by atoms with Gasteiger partial charge < -0.3 is 15.5 Å². The molecule has 4 aliphatic rings. The molecule has 0 bridgehead atoms. The first-order chi connectivity index (χ1) is 14.7. The maximum absolute atomic E-state index is 12.1. The first-order valence-electron chi connectivity index (χ1n) is 13.0. The molecular weight excluding hydrogens is 406 g/mol. The van der Waals surface area contributed by atoms with E-state index in [1.54, 1.807) is 0 Å². The second kappa shape index (κ2) is 9.18. The second-order valence-corrected chi connectivity index (χ2v) is 12.4. The number of aliphatic hydroxyl groups excluding tert-OH is 2. The van der Waals surface area contributed by atoms with Crippen molar-refractivity contribution < 1.29 is 15.0 Å². The van der Waals surface area contributed by atoms with Crippen molar-refractivity contribution in [2.75, 3.05) is 12.3 Å². The Balaban J connectivity index is 1.47. The van der Waals surface area contributed by atoms with Crippen LogP contribution in [0.2, 0.25) is 0 Å². The predicted molar refractivity (Wildman–Crippen MR) is 128 cm³/mol. The standard InChI is InChI=1S/C26H45NO3S/c1-16(4-9-24(30)27-12-13-31)20-7-8-21-19-6-5-17-14-18(28)10-11-25(17,2)22(19)15-23(29)26(20,21)3/h16-23,28-29,31H,4-15H2,1-3H3,(H,27,30)/t16-,17?,18-,19+,20-,21+,22+,23+,25+,26-/m1/s1. The molecule has 10 atom stereocenters. The van der Waals surface area contributed by atoms with Crippen molar-refractivity contribution in [3.05, 3.63) is 0 Å². The van der Waals surface area contributed by atoms with Crippen LogP contribution in [0.4, 0.5) is 0 Å². The van der Waals surface area contributed by atoms with Gasteiger partial charge in [0.1, 0.15) is 0 Å². The highest BCUT2D eigenvalue weighted by Crippen LogP contribution is 2.68. The Morgan fingerprint density at radius 1 is 1.10 bits per heavy atom. The molecule has 178 valence electrons. The van der Waals surface area contributed by atoms with Crippen molar-refractivity contribution in [2.24, 2.45) is 46.3 Å². The molecule has 0 heterocycles. The van der Waals surface area contributed by atoms with E-state index in [2.05, 4.69) is 38.7 Å². The lowest BCUT2D eigenvalue weighted by Gasteiger charge is -2.62. The molecule has 31 heavy (non-hydrogen) atoms. The normalized spacial score (nSPS) is 47.7. The lowest BCUT2D eigenvalue weighted by atomic mass is 9.43. The lowest BCUT2D eigenvalue weighted by molar-refractivity contribution is -0.174. The Bertz CT molecular complexity index is 659. The zero-order valence-corrected chi connectivity index (χ0v) is 20.7. The third kappa shape index (κ3) is 4.10. The number of fused-ring (bicyclic) bond motifs is 5. The predicted octanol–water partition coefficient (Wildman–Crippen LogP) is 4.44. The SMILES string of the molecule is C[C@H](CCC(=O)NCCS)[C@H]1CC[C@H]2[C@@H]3CCC4C[C@H](O)CC[C@]4(C)[C@H]3C[C@H](O)[C@]12C. The first-order valence-corrected chi connectivity index (χ1v) is 13.6. The zero-order chi connectivity index (χ0) is 22.4. The van der Waals surface area contributed by atoms with Crippen LogP contribution >= 0.6 is 12.6 Å². The number of thiol groups is 1. The molecule has 1 amide bonds. The fourth-order valence-electron chi connectivity index (χ4n) is 9.00. The van der Waals surface area contributed by atoms with Gasteiger partial charge in [-0.1, -0.05) is 20.8 Å². The van der Waals surface area contributed by atoms with Crippen molar-refractivity contribution in [1.82, 2.24) is 5.32 Å². The van der Waals surface area contributed by atoms with Gasteiger partial charge in [-0.2, -0.15) is 12.6 Å². The largest absolute Gasteiger partial charge is 0.393 e. The third-order valence-electron chi connectivity index (χ3n) is 10.8. The molecule has 3 N–H and O–H groups in total. The summed E-state index contributed by atoms with van der Waals surface area (Å²) in [6, 6.07) is 0. The zero-order valence-electron chi connectivity index (χ0n) is 19.9. The molecule has 0 aliphatic heterocycles. The topological polar surface area (TPSA) is 69.6 Å². The quantitative estimate of drug-likeness (QED) is 0.451. The van der Waals surface area contributed by atoms with E-state index in [1.807, 2.05) is 0 Å². The minimum atomic E-state index is -0.242. The summed E-state index contributed by atoms with van der Waals surface area (Å²) in [5, 5.41) is 24.8. The van der Waals surface area contributed by atoms with E-state index in [0.29, 0.717) is 53.7 Å². The van der Waals surface area contributed by atoms with Gasteiger partial charge in [0.25, 0.3) is 0 Å². The summed E-state index contributed by atoms with van der Waals surface area (Å²) < 4.78 is 0. The van der Waals surface area contributed by atoms with Crippen LogP contribution < -0.4 is 5.32 Å². The monoisotopic (exact) mass is 451 g/mol. The van der Waals surface area contributed by atoms with Crippen LogP contribution in [0.25, 0.3) is 0 Å². The molecule has 0 saturated heterocycles. The van der Waals surface area contributed by atoms with E-state index < -0.39 is 0 Å². The Morgan fingerprint density at radius 2 is 1.87 bits per heavy atom. The molecule has 0 aromatic rings. The summed E-state index contributed by atoms with van der Waals surface area (Å²) in [5.74, 6) is 4.34. The van der Waals surface area contributed by atoms with Crippen molar-refractivity contribution >= 4 is 18.5 Å². The van der Waals surface area contributed by atoms with E-state index in [9.17, 15) is 15.0 Å². The molecular formula is C26H45NO3S. The molecule has 4 saturated carbocycles. The van der Waals surface area contributed by atoms with E-state index in [0.717, 1.165) is 38.0 Å². The summed E-state index contributed by atoms with van der Waals surface area (Å²) in [5.41, 5.74) is 0.277. The number of nitrogens with one attached hydrogen (secondary N) is 1. The summed E-state index contributed by atoms with van der Waals surface area (Å²) in [6.45, 7) is 7.81. The maximum Gasteiger partial charge on any atom is 0.220 e. The van der Waals surface area contributed by atoms with Crippen molar-refractivity contribution in [2.45, 2.75) is 97.2 Å². The van der Waals surface area contributed by atoms with Gasteiger partial charge in [0.05, 0.1) is 12.2 Å². The average molecular weight is 452 g/mol. The van der Waals surface area contributed by atoms with Gasteiger partial charge >= 0.3 is 0 Å².